The highest BCUT2D eigenvalue weighted by Gasteiger charge is 2.31. The second kappa shape index (κ2) is 5.64. The standard InChI is InChI=1S/C11H21NOS/c1-2-11(6-3-4-7-11)9-12-10(13)5-8-14/h14H,2-9H2,1H3,(H,12,13). The minimum absolute atomic E-state index is 0.153. The zero-order valence-corrected chi connectivity index (χ0v) is 9.91. The van der Waals surface area contributed by atoms with Crippen molar-refractivity contribution in [2.75, 3.05) is 12.3 Å². The molecule has 1 aliphatic rings. The van der Waals surface area contributed by atoms with E-state index in [-0.39, 0.29) is 5.91 Å². The van der Waals surface area contributed by atoms with E-state index in [9.17, 15) is 4.79 Å². The van der Waals surface area contributed by atoms with Gasteiger partial charge in [0.15, 0.2) is 0 Å². The maximum absolute atomic E-state index is 11.3. The summed E-state index contributed by atoms with van der Waals surface area (Å²) in [6.45, 7) is 3.10. The van der Waals surface area contributed by atoms with Gasteiger partial charge in [-0.15, -0.1) is 0 Å². The highest BCUT2D eigenvalue weighted by molar-refractivity contribution is 7.80. The van der Waals surface area contributed by atoms with E-state index in [1.807, 2.05) is 0 Å². The molecule has 0 spiro atoms. The third kappa shape index (κ3) is 3.19. The smallest absolute Gasteiger partial charge is 0.220 e. The zero-order chi connectivity index (χ0) is 10.4. The number of thiol groups is 1. The van der Waals surface area contributed by atoms with Gasteiger partial charge in [0.05, 0.1) is 0 Å². The molecule has 0 aromatic heterocycles. The lowest BCUT2D eigenvalue weighted by Crippen LogP contribution is -2.35. The van der Waals surface area contributed by atoms with Crippen LogP contribution in [-0.2, 0) is 4.79 Å². The van der Waals surface area contributed by atoms with Crippen molar-refractivity contribution in [3.05, 3.63) is 0 Å². The van der Waals surface area contributed by atoms with Crippen LogP contribution in [0.3, 0.4) is 0 Å². The Labute approximate surface area is 92.2 Å². The molecule has 1 rings (SSSR count). The van der Waals surface area contributed by atoms with Crippen molar-refractivity contribution in [2.24, 2.45) is 5.41 Å². The number of nitrogens with one attached hydrogen (secondary N) is 1. The third-order valence-electron chi connectivity index (χ3n) is 3.41. The molecule has 1 saturated carbocycles. The summed E-state index contributed by atoms with van der Waals surface area (Å²) in [7, 11) is 0. The number of amides is 1. The molecule has 1 aliphatic carbocycles. The SMILES string of the molecule is CCC1(CNC(=O)CCS)CCCC1. The normalized spacial score (nSPS) is 19.6. The Kier molecular flexibility index (Phi) is 4.79. The van der Waals surface area contributed by atoms with Gasteiger partial charge in [0.25, 0.3) is 0 Å². The Morgan fingerprint density at radius 2 is 2.07 bits per heavy atom. The Bertz CT molecular complexity index is 188. The molecule has 0 aromatic carbocycles. The minimum atomic E-state index is 0.153. The molecule has 0 aliphatic heterocycles. The topological polar surface area (TPSA) is 29.1 Å². The van der Waals surface area contributed by atoms with Crippen LogP contribution in [0.1, 0.15) is 45.4 Å². The highest BCUT2D eigenvalue weighted by Crippen LogP contribution is 2.40. The van der Waals surface area contributed by atoms with Gasteiger partial charge >= 0.3 is 0 Å². The van der Waals surface area contributed by atoms with Crippen LogP contribution in [0.4, 0.5) is 0 Å². The molecule has 82 valence electrons. The summed E-state index contributed by atoms with van der Waals surface area (Å²) >= 11 is 4.05. The zero-order valence-electron chi connectivity index (χ0n) is 9.01. The molecule has 0 bridgehead atoms. The molecule has 1 fully saturated rings. The molecule has 1 amide bonds. The van der Waals surface area contributed by atoms with Gasteiger partial charge in [-0.3, -0.25) is 4.79 Å². The number of hydrogen-bond acceptors (Lipinski definition) is 2. The van der Waals surface area contributed by atoms with Crippen LogP contribution in [0.15, 0.2) is 0 Å². The van der Waals surface area contributed by atoms with Gasteiger partial charge < -0.3 is 5.32 Å². The summed E-state index contributed by atoms with van der Waals surface area (Å²) in [5, 5.41) is 3.03. The Morgan fingerprint density at radius 3 is 2.57 bits per heavy atom. The predicted molar refractivity (Wildman–Crippen MR) is 62.7 cm³/mol. The van der Waals surface area contributed by atoms with Crippen molar-refractivity contribution in [1.29, 1.82) is 0 Å². The molecule has 0 heterocycles. The molecule has 14 heavy (non-hydrogen) atoms. The van der Waals surface area contributed by atoms with Gasteiger partial charge in [-0.1, -0.05) is 19.8 Å². The fourth-order valence-corrected chi connectivity index (χ4v) is 2.46. The van der Waals surface area contributed by atoms with E-state index in [1.165, 1.54) is 32.1 Å². The van der Waals surface area contributed by atoms with Crippen molar-refractivity contribution in [1.82, 2.24) is 5.32 Å². The molecule has 3 heteroatoms. The molecular formula is C11H21NOS. The van der Waals surface area contributed by atoms with Gasteiger partial charge in [0.2, 0.25) is 5.91 Å². The van der Waals surface area contributed by atoms with Gasteiger partial charge in [0, 0.05) is 13.0 Å². The largest absolute Gasteiger partial charge is 0.356 e. The first-order chi connectivity index (χ1) is 6.72. The average Bonchev–Trinajstić information content (AvgIpc) is 2.65. The van der Waals surface area contributed by atoms with E-state index in [4.69, 9.17) is 0 Å². The van der Waals surface area contributed by atoms with Crippen molar-refractivity contribution >= 4 is 18.5 Å². The fraction of sp³-hybridized carbons (Fsp3) is 0.909. The van der Waals surface area contributed by atoms with Crippen LogP contribution < -0.4 is 5.32 Å². The maximum atomic E-state index is 11.3. The first-order valence-corrected chi connectivity index (χ1v) is 6.23. The summed E-state index contributed by atoms with van der Waals surface area (Å²) in [4.78, 5) is 11.3. The van der Waals surface area contributed by atoms with Crippen LogP contribution in [0.5, 0.6) is 0 Å². The van der Waals surface area contributed by atoms with Crippen molar-refractivity contribution in [2.45, 2.75) is 45.4 Å². The van der Waals surface area contributed by atoms with Crippen LogP contribution in [0.25, 0.3) is 0 Å². The second-order valence-electron chi connectivity index (χ2n) is 4.31. The van der Waals surface area contributed by atoms with Crippen molar-refractivity contribution in [3.8, 4) is 0 Å². The quantitative estimate of drug-likeness (QED) is 0.677. The number of hydrogen-bond donors (Lipinski definition) is 2. The lowest BCUT2D eigenvalue weighted by Gasteiger charge is -2.27. The summed E-state index contributed by atoms with van der Waals surface area (Å²) in [6.07, 6.45) is 6.96. The molecule has 0 radical (unpaired) electrons. The van der Waals surface area contributed by atoms with Gasteiger partial charge in [-0.25, -0.2) is 0 Å². The molecule has 0 atom stereocenters. The van der Waals surface area contributed by atoms with Crippen LogP contribution in [-0.4, -0.2) is 18.2 Å². The highest BCUT2D eigenvalue weighted by atomic mass is 32.1. The summed E-state index contributed by atoms with van der Waals surface area (Å²) in [5.74, 6) is 0.796. The van der Waals surface area contributed by atoms with Crippen LogP contribution >= 0.6 is 12.6 Å². The van der Waals surface area contributed by atoms with Crippen LogP contribution in [0.2, 0.25) is 0 Å². The van der Waals surface area contributed by atoms with E-state index in [0.29, 0.717) is 17.6 Å². The van der Waals surface area contributed by atoms with E-state index in [0.717, 1.165) is 6.54 Å². The van der Waals surface area contributed by atoms with Crippen molar-refractivity contribution < 1.29 is 4.79 Å². The number of carbonyl (C=O) groups is 1. The van der Waals surface area contributed by atoms with E-state index < -0.39 is 0 Å². The fourth-order valence-electron chi connectivity index (χ4n) is 2.26. The minimum Gasteiger partial charge on any atom is -0.356 e. The van der Waals surface area contributed by atoms with Gasteiger partial charge in [-0.2, -0.15) is 12.6 Å². The number of rotatable bonds is 5. The Morgan fingerprint density at radius 1 is 1.43 bits per heavy atom. The van der Waals surface area contributed by atoms with Gasteiger partial charge in [0.1, 0.15) is 0 Å². The monoisotopic (exact) mass is 215 g/mol. The maximum Gasteiger partial charge on any atom is 0.220 e. The molecule has 0 unspecified atom stereocenters. The first kappa shape index (κ1) is 11.9. The average molecular weight is 215 g/mol. The lowest BCUT2D eigenvalue weighted by atomic mass is 9.83. The predicted octanol–water partition coefficient (Wildman–Crippen LogP) is 2.39. The number of carbonyl (C=O) groups excluding carboxylic acids is 1. The Balaban J connectivity index is 2.30. The molecule has 1 N–H and O–H groups in total. The molecule has 0 aromatic rings. The van der Waals surface area contributed by atoms with E-state index in [2.05, 4.69) is 24.9 Å². The van der Waals surface area contributed by atoms with Gasteiger partial charge in [-0.05, 0) is 30.4 Å². The summed E-state index contributed by atoms with van der Waals surface area (Å²) in [5.41, 5.74) is 0.409. The summed E-state index contributed by atoms with van der Waals surface area (Å²) < 4.78 is 0. The summed E-state index contributed by atoms with van der Waals surface area (Å²) in [6, 6.07) is 0. The van der Waals surface area contributed by atoms with E-state index >= 15 is 0 Å². The lowest BCUT2D eigenvalue weighted by molar-refractivity contribution is -0.121. The molecule has 2 nitrogen and oxygen atoms in total. The first-order valence-electron chi connectivity index (χ1n) is 5.60. The van der Waals surface area contributed by atoms with Crippen LogP contribution in [0, 0.1) is 5.41 Å². The van der Waals surface area contributed by atoms with E-state index in [1.54, 1.807) is 0 Å². The third-order valence-corrected chi connectivity index (χ3v) is 3.64. The Hall–Kier alpha value is -0.180. The molecular weight excluding hydrogens is 194 g/mol. The molecule has 0 saturated heterocycles. The van der Waals surface area contributed by atoms with Crippen molar-refractivity contribution in [3.63, 3.8) is 0 Å². The second-order valence-corrected chi connectivity index (χ2v) is 4.76.